The second-order valence-corrected chi connectivity index (χ2v) is 6.85. The lowest BCUT2D eigenvalue weighted by Gasteiger charge is -2.38. The summed E-state index contributed by atoms with van der Waals surface area (Å²) >= 11 is 0. The summed E-state index contributed by atoms with van der Waals surface area (Å²) in [6.07, 6.45) is 0.651. The zero-order chi connectivity index (χ0) is 18.7. The first kappa shape index (κ1) is 17.9. The summed E-state index contributed by atoms with van der Waals surface area (Å²) in [6.45, 7) is 4.02. The first-order valence-electron chi connectivity index (χ1n) is 8.49. The Labute approximate surface area is 153 Å². The third-order valence-corrected chi connectivity index (χ3v) is 4.31. The summed E-state index contributed by atoms with van der Waals surface area (Å²) in [6, 6.07) is 12.4. The molecule has 2 N–H and O–H groups in total. The van der Waals surface area contributed by atoms with Crippen molar-refractivity contribution in [2.24, 2.45) is 0 Å². The van der Waals surface area contributed by atoms with Crippen molar-refractivity contribution in [3.8, 4) is 17.2 Å². The van der Waals surface area contributed by atoms with Crippen LogP contribution in [0.25, 0.3) is 0 Å². The molecule has 0 aliphatic carbocycles. The minimum Gasteiger partial charge on any atom is -0.497 e. The molecule has 0 aromatic heterocycles. The van der Waals surface area contributed by atoms with Crippen LogP contribution < -0.4 is 24.8 Å². The fourth-order valence-electron chi connectivity index (χ4n) is 3.11. The fraction of sp³-hybridized carbons (Fsp3) is 0.350. The number of benzene rings is 2. The summed E-state index contributed by atoms with van der Waals surface area (Å²) in [4.78, 5) is 12.5. The molecule has 26 heavy (non-hydrogen) atoms. The monoisotopic (exact) mass is 356 g/mol. The standard InChI is InChI=1S/C20H24N2O4/c1-20(2)12-17(16-11-15(25-4)8-9-18(16)26-20)22-19(23)21-13-6-5-7-14(10-13)24-3/h5-11,17H,12H2,1-4H3,(H2,21,22,23). The number of nitrogens with one attached hydrogen (secondary N) is 2. The average molecular weight is 356 g/mol. The zero-order valence-electron chi connectivity index (χ0n) is 15.5. The van der Waals surface area contributed by atoms with Gasteiger partial charge in [0.15, 0.2) is 0 Å². The quantitative estimate of drug-likeness (QED) is 0.864. The van der Waals surface area contributed by atoms with E-state index >= 15 is 0 Å². The third kappa shape index (κ3) is 4.02. The van der Waals surface area contributed by atoms with E-state index in [0.29, 0.717) is 17.9 Å². The predicted molar refractivity (Wildman–Crippen MR) is 100 cm³/mol. The van der Waals surface area contributed by atoms with Crippen molar-refractivity contribution in [3.05, 3.63) is 48.0 Å². The van der Waals surface area contributed by atoms with Crippen LogP contribution in [0, 0.1) is 0 Å². The lowest BCUT2D eigenvalue weighted by atomic mass is 9.89. The first-order valence-corrected chi connectivity index (χ1v) is 8.49. The molecule has 0 radical (unpaired) electrons. The van der Waals surface area contributed by atoms with Gasteiger partial charge in [0.1, 0.15) is 22.8 Å². The molecule has 3 rings (SSSR count). The number of amides is 2. The normalized spacial score (nSPS) is 17.5. The molecule has 2 amide bonds. The SMILES string of the molecule is COc1cccc(NC(=O)NC2CC(C)(C)Oc3ccc(OC)cc32)c1. The molecule has 1 unspecified atom stereocenters. The Morgan fingerprint density at radius 2 is 1.85 bits per heavy atom. The highest BCUT2D eigenvalue weighted by Gasteiger charge is 2.34. The number of hydrogen-bond acceptors (Lipinski definition) is 4. The smallest absolute Gasteiger partial charge is 0.319 e. The molecule has 6 nitrogen and oxygen atoms in total. The average Bonchev–Trinajstić information content (AvgIpc) is 2.60. The van der Waals surface area contributed by atoms with E-state index in [1.165, 1.54) is 0 Å². The van der Waals surface area contributed by atoms with Gasteiger partial charge in [-0.3, -0.25) is 0 Å². The summed E-state index contributed by atoms with van der Waals surface area (Å²) in [7, 11) is 3.21. The van der Waals surface area contributed by atoms with Crippen LogP contribution in [0.5, 0.6) is 17.2 Å². The van der Waals surface area contributed by atoms with Crippen LogP contribution in [0.1, 0.15) is 31.9 Å². The van der Waals surface area contributed by atoms with Crippen LogP contribution in [0.4, 0.5) is 10.5 Å². The third-order valence-electron chi connectivity index (χ3n) is 4.31. The Balaban J connectivity index is 1.78. The van der Waals surface area contributed by atoms with E-state index in [1.807, 2.05) is 50.2 Å². The topological polar surface area (TPSA) is 68.8 Å². The Morgan fingerprint density at radius 1 is 1.12 bits per heavy atom. The molecular weight excluding hydrogens is 332 g/mol. The summed E-state index contributed by atoms with van der Waals surface area (Å²) in [5.41, 5.74) is 1.19. The van der Waals surface area contributed by atoms with Gasteiger partial charge in [0, 0.05) is 23.7 Å². The molecule has 0 spiro atoms. The van der Waals surface area contributed by atoms with Gasteiger partial charge in [0.05, 0.1) is 20.3 Å². The maximum Gasteiger partial charge on any atom is 0.319 e. The fourth-order valence-corrected chi connectivity index (χ4v) is 3.11. The van der Waals surface area contributed by atoms with Gasteiger partial charge in [0.25, 0.3) is 0 Å². The van der Waals surface area contributed by atoms with Crippen molar-refractivity contribution in [1.82, 2.24) is 5.32 Å². The van der Waals surface area contributed by atoms with Crippen LogP contribution in [0.15, 0.2) is 42.5 Å². The maximum atomic E-state index is 12.5. The zero-order valence-corrected chi connectivity index (χ0v) is 15.5. The van der Waals surface area contributed by atoms with Crippen molar-refractivity contribution in [1.29, 1.82) is 0 Å². The van der Waals surface area contributed by atoms with Crippen molar-refractivity contribution in [2.45, 2.75) is 31.9 Å². The van der Waals surface area contributed by atoms with E-state index in [2.05, 4.69) is 10.6 Å². The largest absolute Gasteiger partial charge is 0.497 e. The van der Waals surface area contributed by atoms with E-state index in [4.69, 9.17) is 14.2 Å². The van der Waals surface area contributed by atoms with Crippen LogP contribution in [-0.2, 0) is 0 Å². The van der Waals surface area contributed by atoms with E-state index in [9.17, 15) is 4.79 Å². The molecule has 1 aliphatic heterocycles. The summed E-state index contributed by atoms with van der Waals surface area (Å²) < 4.78 is 16.5. The molecule has 0 saturated heterocycles. The van der Waals surface area contributed by atoms with E-state index in [-0.39, 0.29) is 17.7 Å². The Morgan fingerprint density at radius 3 is 2.58 bits per heavy atom. The highest BCUT2D eigenvalue weighted by molar-refractivity contribution is 5.89. The second-order valence-electron chi connectivity index (χ2n) is 6.85. The number of urea groups is 1. The maximum absolute atomic E-state index is 12.5. The molecule has 2 aromatic rings. The molecule has 138 valence electrons. The number of fused-ring (bicyclic) bond motifs is 1. The minimum atomic E-state index is -0.379. The molecule has 0 fully saturated rings. The highest BCUT2D eigenvalue weighted by Crippen LogP contribution is 2.41. The first-order chi connectivity index (χ1) is 12.4. The van der Waals surface area contributed by atoms with Crippen LogP contribution in [-0.4, -0.2) is 25.9 Å². The van der Waals surface area contributed by atoms with E-state index in [1.54, 1.807) is 20.3 Å². The predicted octanol–water partition coefficient (Wildman–Crippen LogP) is 4.13. The van der Waals surface area contributed by atoms with Gasteiger partial charge in [0.2, 0.25) is 0 Å². The molecule has 1 heterocycles. The second kappa shape index (κ2) is 7.15. The molecule has 1 aliphatic rings. The molecule has 2 aromatic carbocycles. The molecule has 0 bridgehead atoms. The van der Waals surface area contributed by atoms with Crippen LogP contribution in [0.2, 0.25) is 0 Å². The Hall–Kier alpha value is -2.89. The van der Waals surface area contributed by atoms with Crippen LogP contribution in [0.3, 0.4) is 0 Å². The number of hydrogen-bond donors (Lipinski definition) is 2. The van der Waals surface area contributed by atoms with Crippen molar-refractivity contribution in [3.63, 3.8) is 0 Å². The van der Waals surface area contributed by atoms with Gasteiger partial charge >= 0.3 is 6.03 Å². The van der Waals surface area contributed by atoms with Gasteiger partial charge < -0.3 is 24.8 Å². The lowest BCUT2D eigenvalue weighted by molar-refractivity contribution is 0.0681. The number of rotatable bonds is 4. The highest BCUT2D eigenvalue weighted by atomic mass is 16.5. The number of ether oxygens (including phenoxy) is 3. The van der Waals surface area contributed by atoms with Crippen molar-refractivity contribution in [2.75, 3.05) is 19.5 Å². The van der Waals surface area contributed by atoms with Gasteiger partial charge in [-0.25, -0.2) is 4.79 Å². The van der Waals surface area contributed by atoms with Crippen molar-refractivity contribution < 1.29 is 19.0 Å². The number of anilines is 1. The lowest BCUT2D eigenvalue weighted by Crippen LogP contribution is -2.42. The minimum absolute atomic E-state index is 0.186. The van der Waals surface area contributed by atoms with E-state index < -0.39 is 0 Å². The van der Waals surface area contributed by atoms with Gasteiger partial charge in [-0.2, -0.15) is 0 Å². The molecule has 1 atom stereocenters. The number of carbonyl (C=O) groups excluding carboxylic acids is 1. The number of methoxy groups -OCH3 is 2. The summed E-state index contributed by atoms with van der Waals surface area (Å²) in [5, 5.41) is 5.89. The Kier molecular flexibility index (Phi) is 4.93. The van der Waals surface area contributed by atoms with Crippen molar-refractivity contribution >= 4 is 11.7 Å². The summed E-state index contributed by atoms with van der Waals surface area (Å²) in [5.74, 6) is 2.17. The van der Waals surface area contributed by atoms with Crippen LogP contribution >= 0.6 is 0 Å². The van der Waals surface area contributed by atoms with E-state index in [0.717, 1.165) is 17.1 Å². The molecular formula is C20H24N2O4. The molecule has 0 saturated carbocycles. The Bertz CT molecular complexity index is 804. The van der Waals surface area contributed by atoms with Gasteiger partial charge in [-0.1, -0.05) is 6.07 Å². The molecule has 6 heteroatoms. The van der Waals surface area contributed by atoms with Gasteiger partial charge in [-0.05, 0) is 44.2 Å². The van der Waals surface area contributed by atoms with Gasteiger partial charge in [-0.15, -0.1) is 0 Å². The number of carbonyl (C=O) groups is 1.